The van der Waals surface area contributed by atoms with Crippen LogP contribution in [0.4, 0.5) is 0 Å². The number of β-amino-alcohol motifs (C(OH)–C–C–N with tert-alkyl or cyclic N) is 1. The van der Waals surface area contributed by atoms with Gasteiger partial charge in [-0.2, -0.15) is 0 Å². The first-order valence-electron chi connectivity index (χ1n) is 8.33. The summed E-state index contributed by atoms with van der Waals surface area (Å²) in [5.74, 6) is 0.686. The zero-order chi connectivity index (χ0) is 16.9. The van der Waals surface area contributed by atoms with Gasteiger partial charge in [-0.3, -0.25) is 0 Å². The van der Waals surface area contributed by atoms with Gasteiger partial charge >= 0.3 is 0 Å². The van der Waals surface area contributed by atoms with Crippen LogP contribution in [-0.2, 0) is 6.42 Å². The van der Waals surface area contributed by atoms with Gasteiger partial charge in [-0.1, -0.05) is 18.5 Å². The molecule has 0 spiro atoms. The lowest BCUT2D eigenvalue weighted by molar-refractivity contribution is 0.100. The zero-order valence-electron chi connectivity index (χ0n) is 14.6. The van der Waals surface area contributed by atoms with E-state index in [1.54, 1.807) is 0 Å². The molecule has 128 valence electrons. The van der Waals surface area contributed by atoms with E-state index >= 15 is 0 Å². The van der Waals surface area contributed by atoms with Crippen molar-refractivity contribution in [1.29, 1.82) is 0 Å². The van der Waals surface area contributed by atoms with E-state index in [-0.39, 0.29) is 12.1 Å². The molecule has 5 heteroatoms. The van der Waals surface area contributed by atoms with Crippen molar-refractivity contribution in [3.05, 3.63) is 23.9 Å². The van der Waals surface area contributed by atoms with Crippen LogP contribution in [0.2, 0.25) is 0 Å². The molecule has 2 rings (SSSR count). The quantitative estimate of drug-likeness (QED) is 0.781. The number of hydrogen-bond acceptors (Lipinski definition) is 5. The summed E-state index contributed by atoms with van der Waals surface area (Å²) in [4.78, 5) is 0. The maximum absolute atomic E-state index is 9.97. The average Bonchev–Trinajstić information content (AvgIpc) is 2.90. The smallest absolute Gasteiger partial charge is 0.170 e. The Hall–Kier alpha value is -1.59. The molecule has 23 heavy (non-hydrogen) atoms. The molecule has 1 atom stereocenters. The first kappa shape index (κ1) is 17.8. The number of unbranched alkanes of at least 4 members (excludes halogenated alkanes) is 1. The minimum absolute atomic E-state index is 0.0192. The van der Waals surface area contributed by atoms with E-state index in [2.05, 4.69) is 38.2 Å². The van der Waals surface area contributed by atoms with E-state index in [4.69, 9.17) is 9.26 Å². The van der Waals surface area contributed by atoms with Crippen molar-refractivity contribution in [2.45, 2.75) is 58.6 Å². The molecule has 0 bridgehead atoms. The topological polar surface area (TPSA) is 67.5 Å². The number of aliphatic hydroxyl groups is 1. The molecule has 0 saturated carbocycles. The number of aryl methyl sites for hydroxylation is 1. The van der Waals surface area contributed by atoms with E-state index in [0.29, 0.717) is 12.3 Å². The molecule has 0 aliphatic carbocycles. The summed E-state index contributed by atoms with van der Waals surface area (Å²) >= 11 is 0. The Bertz CT molecular complexity index is 616. The van der Waals surface area contributed by atoms with Gasteiger partial charge in [0.2, 0.25) is 0 Å². The van der Waals surface area contributed by atoms with Crippen LogP contribution in [0.25, 0.3) is 11.0 Å². The highest BCUT2D eigenvalue weighted by Gasteiger charge is 2.13. The first-order chi connectivity index (χ1) is 10.9. The molecule has 0 amide bonds. The predicted octanol–water partition coefficient (Wildman–Crippen LogP) is 3.30. The highest BCUT2D eigenvalue weighted by molar-refractivity contribution is 5.80. The van der Waals surface area contributed by atoms with Crippen LogP contribution in [0.15, 0.2) is 22.7 Å². The minimum atomic E-state index is -0.556. The number of nitrogens with zero attached hydrogens (tertiary/aromatic N) is 1. The summed E-state index contributed by atoms with van der Waals surface area (Å²) in [7, 11) is 0. The third-order valence-electron chi connectivity index (χ3n) is 3.60. The van der Waals surface area contributed by atoms with Crippen molar-refractivity contribution in [2.75, 3.05) is 13.2 Å². The van der Waals surface area contributed by atoms with E-state index in [0.717, 1.165) is 35.9 Å². The third-order valence-corrected chi connectivity index (χ3v) is 3.60. The van der Waals surface area contributed by atoms with Crippen molar-refractivity contribution in [2.24, 2.45) is 0 Å². The van der Waals surface area contributed by atoms with Gasteiger partial charge in [-0.15, -0.1) is 0 Å². The monoisotopic (exact) mass is 320 g/mol. The Morgan fingerprint density at radius 2 is 2.13 bits per heavy atom. The Morgan fingerprint density at radius 1 is 1.35 bits per heavy atom. The number of aromatic nitrogens is 1. The summed E-state index contributed by atoms with van der Waals surface area (Å²) in [6, 6.07) is 5.71. The van der Waals surface area contributed by atoms with Gasteiger partial charge in [-0.05, 0) is 45.7 Å². The Labute approximate surface area is 138 Å². The normalized spacial score (nSPS) is 13.4. The van der Waals surface area contributed by atoms with Gasteiger partial charge < -0.3 is 19.7 Å². The molecule has 1 heterocycles. The van der Waals surface area contributed by atoms with Crippen LogP contribution in [-0.4, -0.2) is 35.1 Å². The fourth-order valence-corrected chi connectivity index (χ4v) is 2.26. The van der Waals surface area contributed by atoms with Crippen LogP contribution in [0.1, 0.15) is 46.2 Å². The molecular weight excluding hydrogens is 292 g/mol. The summed E-state index contributed by atoms with van der Waals surface area (Å²) < 4.78 is 11.0. The molecule has 0 aliphatic heterocycles. The Kier molecular flexibility index (Phi) is 6.02. The van der Waals surface area contributed by atoms with Gasteiger partial charge in [0.25, 0.3) is 0 Å². The molecule has 0 radical (unpaired) electrons. The lowest BCUT2D eigenvalue weighted by atomic mass is 10.1. The van der Waals surface area contributed by atoms with E-state index in [1.165, 1.54) is 0 Å². The highest BCUT2D eigenvalue weighted by atomic mass is 16.5. The number of benzene rings is 1. The minimum Gasteiger partial charge on any atom is -0.491 e. The van der Waals surface area contributed by atoms with Gasteiger partial charge in [0, 0.05) is 23.5 Å². The molecular formula is C18H28N2O3. The van der Waals surface area contributed by atoms with Crippen LogP contribution in [0, 0.1) is 0 Å². The molecule has 0 saturated heterocycles. The van der Waals surface area contributed by atoms with E-state index < -0.39 is 6.10 Å². The lowest BCUT2D eigenvalue weighted by Crippen LogP contribution is -2.42. The number of fused-ring (bicyclic) bond motifs is 1. The molecule has 1 unspecified atom stereocenters. The predicted molar refractivity (Wildman–Crippen MR) is 91.9 cm³/mol. The number of ether oxygens (including phenoxy) is 1. The fraction of sp³-hybridized carbons (Fsp3) is 0.611. The number of aliphatic hydroxyl groups excluding tert-OH is 1. The molecule has 0 fully saturated rings. The number of rotatable bonds is 8. The molecule has 0 aliphatic rings. The van der Waals surface area contributed by atoms with Crippen molar-refractivity contribution >= 4 is 11.0 Å². The van der Waals surface area contributed by atoms with Crippen LogP contribution in [0.5, 0.6) is 5.75 Å². The second-order valence-corrected chi connectivity index (χ2v) is 6.99. The maximum atomic E-state index is 9.97. The lowest BCUT2D eigenvalue weighted by Gasteiger charge is -2.22. The average molecular weight is 320 g/mol. The summed E-state index contributed by atoms with van der Waals surface area (Å²) in [6.07, 6.45) is 2.61. The standard InChI is InChI=1S/C18H28N2O3/c1-5-6-7-16-15-9-8-14(10-17(15)23-20-16)22-12-13(21)11-19-18(2,3)4/h8-10,13,19,21H,5-7,11-12H2,1-4H3. The third kappa shape index (κ3) is 5.52. The van der Waals surface area contributed by atoms with Crippen LogP contribution >= 0.6 is 0 Å². The first-order valence-corrected chi connectivity index (χ1v) is 8.33. The van der Waals surface area contributed by atoms with Crippen molar-refractivity contribution < 1.29 is 14.4 Å². The molecule has 1 aromatic carbocycles. The Morgan fingerprint density at radius 3 is 2.83 bits per heavy atom. The van der Waals surface area contributed by atoms with Gasteiger partial charge in [0.05, 0.1) is 5.69 Å². The second kappa shape index (κ2) is 7.79. The van der Waals surface area contributed by atoms with E-state index in [1.807, 2.05) is 18.2 Å². The largest absolute Gasteiger partial charge is 0.491 e. The fourth-order valence-electron chi connectivity index (χ4n) is 2.26. The van der Waals surface area contributed by atoms with Crippen molar-refractivity contribution in [1.82, 2.24) is 10.5 Å². The molecule has 5 nitrogen and oxygen atoms in total. The number of nitrogens with one attached hydrogen (secondary N) is 1. The van der Waals surface area contributed by atoms with E-state index in [9.17, 15) is 5.11 Å². The SMILES string of the molecule is CCCCc1noc2cc(OCC(O)CNC(C)(C)C)ccc12. The summed E-state index contributed by atoms with van der Waals surface area (Å²) in [6.45, 7) is 9.09. The molecule has 2 aromatic rings. The summed E-state index contributed by atoms with van der Waals surface area (Å²) in [5, 5.41) is 18.4. The number of hydrogen-bond donors (Lipinski definition) is 2. The van der Waals surface area contributed by atoms with Gasteiger partial charge in [-0.25, -0.2) is 0 Å². The van der Waals surface area contributed by atoms with Crippen LogP contribution < -0.4 is 10.1 Å². The van der Waals surface area contributed by atoms with Crippen molar-refractivity contribution in [3.63, 3.8) is 0 Å². The highest BCUT2D eigenvalue weighted by Crippen LogP contribution is 2.24. The molecule has 2 N–H and O–H groups in total. The Balaban J connectivity index is 1.91. The van der Waals surface area contributed by atoms with Crippen molar-refractivity contribution in [3.8, 4) is 5.75 Å². The summed E-state index contributed by atoms with van der Waals surface area (Å²) in [5.41, 5.74) is 1.72. The van der Waals surface area contributed by atoms with Gasteiger partial charge in [0.15, 0.2) is 5.58 Å². The van der Waals surface area contributed by atoms with Crippen LogP contribution in [0.3, 0.4) is 0 Å². The van der Waals surface area contributed by atoms with Gasteiger partial charge in [0.1, 0.15) is 18.5 Å². The maximum Gasteiger partial charge on any atom is 0.170 e. The molecule has 1 aromatic heterocycles. The zero-order valence-corrected chi connectivity index (χ0v) is 14.6. The second-order valence-electron chi connectivity index (χ2n) is 6.99.